The summed E-state index contributed by atoms with van der Waals surface area (Å²) in [5.41, 5.74) is 9.38. The van der Waals surface area contributed by atoms with Crippen molar-refractivity contribution < 1.29 is 0 Å². The maximum Gasteiger partial charge on any atom is 0.122 e. The van der Waals surface area contributed by atoms with Crippen LogP contribution in [0.15, 0.2) is 24.4 Å². The quantitative estimate of drug-likeness (QED) is 0.629. The Morgan fingerprint density at radius 1 is 1.40 bits per heavy atom. The molecule has 0 saturated carbocycles. The largest absolute Gasteiger partial charge is 0.388 e. The van der Waals surface area contributed by atoms with Gasteiger partial charge in [0.2, 0.25) is 0 Å². The van der Waals surface area contributed by atoms with Crippen LogP contribution in [0.25, 0.3) is 0 Å². The molecule has 0 fully saturated rings. The first kappa shape index (κ1) is 14.5. The third-order valence-electron chi connectivity index (χ3n) is 3.00. The molecule has 2 aromatic rings. The van der Waals surface area contributed by atoms with Crippen LogP contribution in [0.2, 0.25) is 0 Å². The van der Waals surface area contributed by atoms with E-state index in [1.807, 2.05) is 23.7 Å². The summed E-state index contributed by atoms with van der Waals surface area (Å²) < 4.78 is 2.03. The molecular weight excluding hydrogens is 270 g/mol. The average Bonchev–Trinajstić information content (AvgIpc) is 2.73. The lowest BCUT2D eigenvalue weighted by Crippen LogP contribution is -2.12. The van der Waals surface area contributed by atoms with Gasteiger partial charge in [0.05, 0.1) is 23.3 Å². The molecule has 2 heterocycles. The Kier molecular flexibility index (Phi) is 4.68. The van der Waals surface area contributed by atoms with Crippen LogP contribution in [0.3, 0.4) is 0 Å². The van der Waals surface area contributed by atoms with Crippen molar-refractivity contribution in [3.05, 3.63) is 41.5 Å². The number of aromatic nitrogens is 3. The smallest absolute Gasteiger partial charge is 0.122 e. The normalized spacial score (nSPS) is 10.5. The zero-order valence-corrected chi connectivity index (χ0v) is 12.6. The van der Waals surface area contributed by atoms with E-state index in [2.05, 4.69) is 28.4 Å². The number of pyridine rings is 1. The van der Waals surface area contributed by atoms with Gasteiger partial charge in [0.1, 0.15) is 4.99 Å². The van der Waals surface area contributed by atoms with Gasteiger partial charge >= 0.3 is 0 Å². The highest BCUT2D eigenvalue weighted by Gasteiger charge is 2.01. The molecule has 0 aliphatic heterocycles. The summed E-state index contributed by atoms with van der Waals surface area (Å²) in [6, 6.07) is 5.85. The first-order valence-electron chi connectivity index (χ1n) is 6.57. The molecule has 6 heteroatoms. The third kappa shape index (κ3) is 3.77. The number of nitrogens with two attached hydrogens (primary N) is 1. The van der Waals surface area contributed by atoms with Crippen molar-refractivity contribution in [3.8, 4) is 0 Å². The molecule has 0 unspecified atom stereocenters. The minimum atomic E-state index is 0.320. The van der Waals surface area contributed by atoms with E-state index in [0.29, 0.717) is 10.7 Å². The molecule has 106 valence electrons. The summed E-state index contributed by atoms with van der Waals surface area (Å²) in [4.78, 5) is 4.51. The first-order chi connectivity index (χ1) is 9.56. The Labute approximate surface area is 124 Å². The lowest BCUT2D eigenvalue weighted by atomic mass is 10.3. The van der Waals surface area contributed by atoms with Gasteiger partial charge in [-0.15, -0.1) is 0 Å². The fourth-order valence-corrected chi connectivity index (χ4v) is 2.13. The van der Waals surface area contributed by atoms with Gasteiger partial charge in [-0.1, -0.05) is 12.2 Å². The number of nitrogens with one attached hydrogen (secondary N) is 1. The van der Waals surface area contributed by atoms with Crippen LogP contribution in [0.5, 0.6) is 0 Å². The van der Waals surface area contributed by atoms with Crippen LogP contribution in [-0.4, -0.2) is 26.3 Å². The van der Waals surface area contributed by atoms with Crippen molar-refractivity contribution in [1.82, 2.24) is 14.8 Å². The van der Waals surface area contributed by atoms with Gasteiger partial charge < -0.3 is 11.1 Å². The summed E-state index contributed by atoms with van der Waals surface area (Å²) in [5.74, 6) is 0. The lowest BCUT2D eigenvalue weighted by molar-refractivity contribution is 0.574. The number of thiocarbonyl (C=S) groups is 1. The van der Waals surface area contributed by atoms with E-state index < -0.39 is 0 Å². The number of hydrogen-bond donors (Lipinski definition) is 2. The molecule has 0 spiro atoms. The van der Waals surface area contributed by atoms with Gasteiger partial charge in [-0.2, -0.15) is 5.10 Å². The van der Waals surface area contributed by atoms with Gasteiger partial charge in [0.15, 0.2) is 0 Å². The number of anilines is 1. The summed E-state index contributed by atoms with van der Waals surface area (Å²) >= 11 is 4.87. The second-order valence-corrected chi connectivity index (χ2v) is 5.17. The molecule has 5 nitrogen and oxygen atoms in total. The molecule has 0 saturated heterocycles. The molecule has 0 atom stereocenters. The second kappa shape index (κ2) is 6.47. The monoisotopic (exact) mass is 289 g/mol. The Morgan fingerprint density at radius 3 is 2.75 bits per heavy atom. The van der Waals surface area contributed by atoms with Crippen molar-refractivity contribution in [1.29, 1.82) is 0 Å². The van der Waals surface area contributed by atoms with Crippen LogP contribution < -0.4 is 11.1 Å². The SMILES string of the molecule is Cc1cc(C)n(CCCNc2ccc(C(N)=S)nc2)n1. The predicted octanol–water partition coefficient (Wildman–Crippen LogP) is 2.03. The van der Waals surface area contributed by atoms with Crippen LogP contribution in [-0.2, 0) is 6.54 Å². The van der Waals surface area contributed by atoms with E-state index >= 15 is 0 Å². The minimum absolute atomic E-state index is 0.320. The molecule has 2 aromatic heterocycles. The van der Waals surface area contributed by atoms with Gasteiger partial charge in [0.25, 0.3) is 0 Å². The predicted molar refractivity (Wildman–Crippen MR) is 84.9 cm³/mol. The highest BCUT2D eigenvalue weighted by Crippen LogP contribution is 2.07. The topological polar surface area (TPSA) is 68.8 Å². The lowest BCUT2D eigenvalue weighted by Gasteiger charge is -2.08. The standard InChI is InChI=1S/C14H19N5S/c1-10-8-11(2)19(18-10)7-3-6-16-12-4-5-13(14(15)20)17-9-12/h4-5,8-9,16H,3,6-7H2,1-2H3,(H2,15,20). The van der Waals surface area contributed by atoms with Crippen molar-refractivity contribution in [2.75, 3.05) is 11.9 Å². The molecule has 0 amide bonds. The molecule has 0 aliphatic carbocycles. The summed E-state index contributed by atoms with van der Waals surface area (Å²) in [6.07, 6.45) is 2.75. The van der Waals surface area contributed by atoms with Crippen LogP contribution in [0, 0.1) is 13.8 Å². The zero-order valence-electron chi connectivity index (χ0n) is 11.8. The molecule has 0 bridgehead atoms. The van der Waals surface area contributed by atoms with E-state index in [1.54, 1.807) is 6.20 Å². The zero-order chi connectivity index (χ0) is 14.5. The molecule has 20 heavy (non-hydrogen) atoms. The molecular formula is C14H19N5S. The van der Waals surface area contributed by atoms with Crippen LogP contribution in [0.4, 0.5) is 5.69 Å². The van der Waals surface area contributed by atoms with E-state index in [-0.39, 0.29) is 0 Å². The maximum absolute atomic E-state index is 5.50. The highest BCUT2D eigenvalue weighted by molar-refractivity contribution is 7.80. The molecule has 2 rings (SSSR count). The molecule has 0 aliphatic rings. The van der Waals surface area contributed by atoms with Gasteiger partial charge in [-0.25, -0.2) is 0 Å². The molecule has 0 aromatic carbocycles. The number of aryl methyl sites for hydroxylation is 3. The number of nitrogens with zero attached hydrogens (tertiary/aromatic N) is 3. The van der Waals surface area contributed by atoms with E-state index in [4.69, 9.17) is 18.0 Å². The minimum Gasteiger partial charge on any atom is -0.388 e. The van der Waals surface area contributed by atoms with Crippen molar-refractivity contribution in [2.45, 2.75) is 26.8 Å². The highest BCUT2D eigenvalue weighted by atomic mass is 32.1. The third-order valence-corrected chi connectivity index (χ3v) is 3.20. The van der Waals surface area contributed by atoms with Crippen LogP contribution in [0.1, 0.15) is 23.5 Å². The fraction of sp³-hybridized carbons (Fsp3) is 0.357. The number of hydrogen-bond acceptors (Lipinski definition) is 4. The van der Waals surface area contributed by atoms with Crippen molar-refractivity contribution >= 4 is 22.9 Å². The van der Waals surface area contributed by atoms with Gasteiger partial charge in [-0.05, 0) is 38.5 Å². The Hall–Kier alpha value is -1.95. The fourth-order valence-electron chi connectivity index (χ4n) is 2.01. The molecule has 3 N–H and O–H groups in total. The van der Waals surface area contributed by atoms with E-state index in [0.717, 1.165) is 30.9 Å². The summed E-state index contributed by atoms with van der Waals surface area (Å²) in [7, 11) is 0. The summed E-state index contributed by atoms with van der Waals surface area (Å²) in [5, 5.41) is 7.75. The Bertz CT molecular complexity index is 588. The van der Waals surface area contributed by atoms with Gasteiger partial charge in [0, 0.05) is 18.8 Å². The average molecular weight is 289 g/mol. The van der Waals surface area contributed by atoms with E-state index in [9.17, 15) is 0 Å². The first-order valence-corrected chi connectivity index (χ1v) is 6.98. The Balaban J connectivity index is 1.78. The Morgan fingerprint density at radius 2 is 2.20 bits per heavy atom. The second-order valence-electron chi connectivity index (χ2n) is 4.73. The van der Waals surface area contributed by atoms with E-state index in [1.165, 1.54) is 5.69 Å². The maximum atomic E-state index is 5.50. The van der Waals surface area contributed by atoms with Gasteiger partial charge in [-0.3, -0.25) is 9.67 Å². The van der Waals surface area contributed by atoms with Crippen molar-refractivity contribution in [2.24, 2.45) is 5.73 Å². The number of rotatable bonds is 6. The van der Waals surface area contributed by atoms with Crippen LogP contribution >= 0.6 is 12.2 Å². The van der Waals surface area contributed by atoms with Crippen molar-refractivity contribution in [3.63, 3.8) is 0 Å². The molecule has 0 radical (unpaired) electrons. The summed E-state index contributed by atoms with van der Waals surface area (Å²) in [6.45, 7) is 5.86.